The molecule has 0 spiro atoms. The van der Waals surface area contributed by atoms with Gasteiger partial charge in [0.05, 0.1) is 10.9 Å². The summed E-state index contributed by atoms with van der Waals surface area (Å²) < 4.78 is 2.37. The monoisotopic (exact) mass is 502 g/mol. The van der Waals surface area contributed by atoms with Crippen molar-refractivity contribution < 1.29 is 4.57 Å². The largest absolute Gasteiger partial charge is 0.222 e. The van der Waals surface area contributed by atoms with Crippen LogP contribution in [0.15, 0.2) is 70.6 Å². The molecule has 2 heterocycles. The Kier molecular flexibility index (Phi) is 5.59. The van der Waals surface area contributed by atoms with Crippen LogP contribution in [0.5, 0.6) is 0 Å². The highest BCUT2D eigenvalue weighted by molar-refractivity contribution is 8.00. The minimum Gasteiger partial charge on any atom is -0.200 e. The predicted octanol–water partition coefficient (Wildman–Crippen LogP) is 9.34. The molecule has 0 unspecified atom stereocenters. The number of pyridine rings is 1. The number of aromatic nitrogens is 1. The second-order valence-corrected chi connectivity index (χ2v) is 12.9. The maximum atomic E-state index is 2.49. The van der Waals surface area contributed by atoms with Crippen LogP contribution in [0.1, 0.15) is 56.2 Å². The molecule has 0 radical (unpaired) electrons. The first kappa shape index (κ1) is 23.3. The quantitative estimate of drug-likeness (QED) is 0.171. The second kappa shape index (κ2) is 8.88. The Balaban J connectivity index is 1.52. The van der Waals surface area contributed by atoms with E-state index in [1.807, 2.05) is 11.8 Å². The van der Waals surface area contributed by atoms with E-state index in [0.29, 0.717) is 5.92 Å². The van der Waals surface area contributed by atoms with Crippen LogP contribution in [0.25, 0.3) is 43.6 Å². The van der Waals surface area contributed by atoms with Gasteiger partial charge in [0, 0.05) is 15.9 Å². The second-order valence-electron chi connectivity index (χ2n) is 11.9. The van der Waals surface area contributed by atoms with Crippen LogP contribution in [0, 0.1) is 18.8 Å². The third kappa shape index (κ3) is 3.71. The lowest BCUT2D eigenvalue weighted by Crippen LogP contribution is -2.32. The first-order valence-electron chi connectivity index (χ1n) is 14.1. The van der Waals surface area contributed by atoms with Crippen molar-refractivity contribution in [1.29, 1.82) is 0 Å². The molecule has 7 rings (SSSR count). The average Bonchev–Trinajstić information content (AvgIpc) is 3.40. The summed E-state index contributed by atoms with van der Waals surface area (Å²) >= 11 is 2.04. The Morgan fingerprint density at radius 3 is 2.46 bits per heavy atom. The van der Waals surface area contributed by atoms with E-state index in [0.717, 1.165) is 12.3 Å². The zero-order valence-electron chi connectivity index (χ0n) is 22.5. The third-order valence-electron chi connectivity index (χ3n) is 8.84. The fourth-order valence-electron chi connectivity index (χ4n) is 7.11. The van der Waals surface area contributed by atoms with Crippen LogP contribution in [0.2, 0.25) is 0 Å². The summed E-state index contributed by atoms with van der Waals surface area (Å²) in [7, 11) is 2.23. The summed E-state index contributed by atoms with van der Waals surface area (Å²) in [5, 5.41) is 8.42. The van der Waals surface area contributed by atoms with E-state index in [4.69, 9.17) is 0 Å². The van der Waals surface area contributed by atoms with Crippen LogP contribution in [0.3, 0.4) is 0 Å². The van der Waals surface area contributed by atoms with Gasteiger partial charge in [0.25, 0.3) is 0 Å². The van der Waals surface area contributed by atoms with Gasteiger partial charge in [-0.3, -0.25) is 0 Å². The van der Waals surface area contributed by atoms with Gasteiger partial charge in [-0.15, -0.1) is 0 Å². The van der Waals surface area contributed by atoms with Gasteiger partial charge in [0.15, 0.2) is 6.20 Å². The number of nitrogens with zero attached hydrogens (tertiary/aromatic N) is 1. The molecule has 1 saturated carbocycles. The van der Waals surface area contributed by atoms with E-state index in [1.165, 1.54) is 102 Å². The average molecular weight is 503 g/mol. The van der Waals surface area contributed by atoms with Crippen LogP contribution in [0.4, 0.5) is 0 Å². The summed E-state index contributed by atoms with van der Waals surface area (Å²) in [5.41, 5.74) is 7.26. The molecule has 1 aromatic heterocycles. The minimum absolute atomic E-state index is 0.604. The first-order chi connectivity index (χ1) is 18.0. The highest BCUT2D eigenvalue weighted by atomic mass is 32.2. The molecule has 37 heavy (non-hydrogen) atoms. The predicted molar refractivity (Wildman–Crippen MR) is 159 cm³/mol. The summed E-state index contributed by atoms with van der Waals surface area (Å²) in [4.78, 5) is 2.92. The van der Waals surface area contributed by atoms with Crippen molar-refractivity contribution in [1.82, 2.24) is 0 Å². The summed E-state index contributed by atoms with van der Waals surface area (Å²) in [5.74, 6) is 1.48. The molecule has 2 aliphatic rings. The van der Waals surface area contributed by atoms with Crippen molar-refractivity contribution in [3.63, 3.8) is 0 Å². The number of benzene rings is 4. The molecule has 0 saturated heterocycles. The van der Waals surface area contributed by atoms with Gasteiger partial charge in [0.2, 0.25) is 5.69 Å². The van der Waals surface area contributed by atoms with Gasteiger partial charge in [0.1, 0.15) is 7.05 Å². The zero-order chi connectivity index (χ0) is 25.3. The molecule has 0 N–H and O–H groups in total. The van der Waals surface area contributed by atoms with Crippen LogP contribution < -0.4 is 4.57 Å². The van der Waals surface area contributed by atoms with Crippen molar-refractivity contribution in [2.45, 2.75) is 69.1 Å². The van der Waals surface area contributed by atoms with Gasteiger partial charge in [-0.1, -0.05) is 93.8 Å². The lowest BCUT2D eigenvalue weighted by Gasteiger charge is -2.26. The molecular weight excluding hydrogens is 466 g/mol. The van der Waals surface area contributed by atoms with Crippen molar-refractivity contribution in [3.8, 4) is 11.3 Å². The summed E-state index contributed by atoms with van der Waals surface area (Å²) in [6.07, 6.45) is 10.2. The molecule has 1 fully saturated rings. The molecule has 5 aromatic rings. The Hall–Kier alpha value is -2.84. The number of rotatable bonds is 4. The molecule has 1 aliphatic heterocycles. The topological polar surface area (TPSA) is 3.88 Å². The van der Waals surface area contributed by atoms with E-state index in [2.05, 4.69) is 93.2 Å². The molecule has 0 atom stereocenters. The van der Waals surface area contributed by atoms with E-state index < -0.39 is 0 Å². The van der Waals surface area contributed by atoms with Crippen molar-refractivity contribution in [2.75, 3.05) is 0 Å². The van der Waals surface area contributed by atoms with Gasteiger partial charge in [-0.25, -0.2) is 4.57 Å². The maximum Gasteiger partial charge on any atom is 0.222 e. The molecule has 2 heteroatoms. The smallest absolute Gasteiger partial charge is 0.200 e. The Morgan fingerprint density at radius 1 is 0.892 bits per heavy atom. The molecule has 186 valence electrons. The molecule has 1 nitrogen and oxygen atoms in total. The van der Waals surface area contributed by atoms with Crippen molar-refractivity contribution >= 4 is 44.1 Å². The zero-order valence-corrected chi connectivity index (χ0v) is 23.3. The third-order valence-corrected chi connectivity index (χ3v) is 10.1. The standard InChI is InChI=1S/C35H36NS/c1-21(2)17-30-29-12-8-7-11-27(29)22(3)31-33-32-25(15-16-36(33)4)20-26-19-24(18-23-9-5-6-10-23)13-14-28(26)34(32)37-35(30)31/h7-8,11-16,19-21,23H,5-6,9-10,17-18H2,1-4H3/q+1. The van der Waals surface area contributed by atoms with Crippen molar-refractivity contribution in [3.05, 3.63) is 77.5 Å². The summed E-state index contributed by atoms with van der Waals surface area (Å²) in [6, 6.07) is 21.2. The van der Waals surface area contributed by atoms with E-state index in [9.17, 15) is 0 Å². The van der Waals surface area contributed by atoms with Gasteiger partial charge in [-0.05, 0) is 81.3 Å². The molecule has 1 aliphatic carbocycles. The van der Waals surface area contributed by atoms with Crippen LogP contribution in [-0.4, -0.2) is 0 Å². The molecule has 0 amide bonds. The van der Waals surface area contributed by atoms with Gasteiger partial charge in [-0.2, -0.15) is 0 Å². The number of hydrogen-bond donors (Lipinski definition) is 0. The SMILES string of the molecule is Cc1c2c(c(CC(C)C)c3ccccc13)Sc1c3ccc(CC4CCCC4)cc3cc3cc[n+](C)c-2c13. The fourth-order valence-corrected chi connectivity index (χ4v) is 8.59. The minimum atomic E-state index is 0.604. The Labute approximate surface area is 224 Å². The highest BCUT2D eigenvalue weighted by Gasteiger charge is 2.32. The summed E-state index contributed by atoms with van der Waals surface area (Å²) in [6.45, 7) is 7.04. The highest BCUT2D eigenvalue weighted by Crippen LogP contribution is 2.53. The van der Waals surface area contributed by atoms with E-state index in [-0.39, 0.29) is 0 Å². The van der Waals surface area contributed by atoms with Crippen LogP contribution in [-0.2, 0) is 19.9 Å². The number of hydrogen-bond acceptors (Lipinski definition) is 1. The molecular formula is C35H36NS+. The van der Waals surface area contributed by atoms with Crippen LogP contribution >= 0.6 is 11.8 Å². The molecule has 4 aromatic carbocycles. The lowest BCUT2D eigenvalue weighted by atomic mass is 9.87. The van der Waals surface area contributed by atoms with E-state index in [1.54, 1.807) is 0 Å². The Bertz CT molecular complexity index is 1700. The first-order valence-corrected chi connectivity index (χ1v) is 14.9. The lowest BCUT2D eigenvalue weighted by molar-refractivity contribution is -0.659. The van der Waals surface area contributed by atoms with Gasteiger partial charge >= 0.3 is 0 Å². The molecule has 0 bridgehead atoms. The van der Waals surface area contributed by atoms with E-state index >= 15 is 0 Å². The Morgan fingerprint density at radius 2 is 1.68 bits per heavy atom. The number of aryl methyl sites for hydroxylation is 2. The fraction of sp³-hybridized carbons (Fsp3) is 0.343. The van der Waals surface area contributed by atoms with Gasteiger partial charge < -0.3 is 0 Å². The number of fused-ring (bicyclic) bond motifs is 5. The maximum absolute atomic E-state index is 2.49. The normalized spacial score (nSPS) is 15.4. The van der Waals surface area contributed by atoms with Crippen molar-refractivity contribution in [2.24, 2.45) is 18.9 Å².